The monoisotopic (exact) mass is 308 g/mol. The molecular weight excluding hydrogens is 288 g/mol. The van der Waals surface area contributed by atoms with Gasteiger partial charge in [0.15, 0.2) is 6.61 Å². The summed E-state index contributed by atoms with van der Waals surface area (Å²) < 4.78 is 5.41. The van der Waals surface area contributed by atoms with Gasteiger partial charge in [-0.05, 0) is 61.7 Å². The number of ether oxygens (including phenoxy) is 1. The second-order valence-electron chi connectivity index (χ2n) is 5.58. The lowest BCUT2D eigenvalue weighted by Crippen LogP contribution is -2.29. The van der Waals surface area contributed by atoms with Gasteiger partial charge in [0.1, 0.15) is 5.75 Å². The minimum atomic E-state index is -0.172. The Bertz CT molecular complexity index is 720. The van der Waals surface area contributed by atoms with Crippen molar-refractivity contribution in [2.45, 2.75) is 27.3 Å². The Labute approximate surface area is 136 Å². The van der Waals surface area contributed by atoms with Gasteiger partial charge < -0.3 is 10.1 Å². The van der Waals surface area contributed by atoms with Crippen molar-refractivity contribution in [1.82, 2.24) is 5.32 Å². The zero-order valence-corrected chi connectivity index (χ0v) is 13.6. The molecule has 0 spiro atoms. The number of carbonyl (C=O) groups is 1. The number of nitrogens with zero attached hydrogens (tertiary/aromatic N) is 1. The van der Waals surface area contributed by atoms with Crippen molar-refractivity contribution in [1.29, 1.82) is 5.26 Å². The van der Waals surface area contributed by atoms with Gasteiger partial charge >= 0.3 is 0 Å². The fourth-order valence-corrected chi connectivity index (χ4v) is 2.50. The van der Waals surface area contributed by atoms with E-state index in [-0.39, 0.29) is 12.5 Å². The summed E-state index contributed by atoms with van der Waals surface area (Å²) in [6, 6.07) is 12.9. The fourth-order valence-electron chi connectivity index (χ4n) is 2.50. The second kappa shape index (κ2) is 7.46. The molecule has 0 atom stereocenters. The summed E-state index contributed by atoms with van der Waals surface area (Å²) in [5.41, 5.74) is 5.28. The van der Waals surface area contributed by atoms with Crippen LogP contribution in [0.3, 0.4) is 0 Å². The highest BCUT2D eigenvalue weighted by Crippen LogP contribution is 2.16. The molecule has 1 amide bonds. The minimum Gasteiger partial charge on any atom is -0.484 e. The average molecular weight is 308 g/mol. The maximum Gasteiger partial charge on any atom is 0.258 e. The highest BCUT2D eigenvalue weighted by atomic mass is 16.5. The number of hydrogen-bond donors (Lipinski definition) is 1. The van der Waals surface area contributed by atoms with Crippen LogP contribution in [0.2, 0.25) is 0 Å². The van der Waals surface area contributed by atoms with Gasteiger partial charge in [-0.2, -0.15) is 5.26 Å². The highest BCUT2D eigenvalue weighted by Gasteiger charge is 2.07. The first-order chi connectivity index (χ1) is 11.0. The number of carbonyl (C=O) groups excluding carboxylic acids is 1. The number of nitrogens with one attached hydrogen (secondary N) is 1. The Balaban J connectivity index is 1.87. The van der Waals surface area contributed by atoms with E-state index in [1.54, 1.807) is 24.3 Å². The molecule has 0 aliphatic heterocycles. The van der Waals surface area contributed by atoms with Gasteiger partial charge in [-0.25, -0.2) is 0 Å². The quantitative estimate of drug-likeness (QED) is 0.922. The molecule has 0 fully saturated rings. The van der Waals surface area contributed by atoms with Crippen LogP contribution in [0.15, 0.2) is 36.4 Å². The molecule has 1 N–H and O–H groups in total. The predicted molar refractivity (Wildman–Crippen MR) is 89.2 cm³/mol. The molecule has 0 heterocycles. The van der Waals surface area contributed by atoms with E-state index in [1.165, 1.54) is 16.7 Å². The topological polar surface area (TPSA) is 62.1 Å². The van der Waals surface area contributed by atoms with Crippen molar-refractivity contribution in [2.24, 2.45) is 0 Å². The zero-order chi connectivity index (χ0) is 16.8. The third-order valence-corrected chi connectivity index (χ3v) is 3.66. The van der Waals surface area contributed by atoms with E-state index < -0.39 is 0 Å². The summed E-state index contributed by atoms with van der Waals surface area (Å²) in [5.74, 6) is 0.399. The molecule has 0 aromatic heterocycles. The Kier molecular flexibility index (Phi) is 5.37. The molecule has 0 aliphatic carbocycles. The summed E-state index contributed by atoms with van der Waals surface area (Å²) in [5, 5.41) is 11.6. The molecule has 2 aromatic rings. The lowest BCUT2D eigenvalue weighted by atomic mass is 10.00. The summed E-state index contributed by atoms with van der Waals surface area (Å²) in [4.78, 5) is 11.9. The molecule has 23 heavy (non-hydrogen) atoms. The molecular formula is C19H20N2O2. The number of hydrogen-bond acceptors (Lipinski definition) is 3. The Morgan fingerprint density at radius 1 is 1.13 bits per heavy atom. The zero-order valence-electron chi connectivity index (χ0n) is 13.6. The van der Waals surface area contributed by atoms with Crippen LogP contribution < -0.4 is 10.1 Å². The third kappa shape index (κ3) is 4.58. The summed E-state index contributed by atoms with van der Waals surface area (Å²) in [7, 11) is 0. The van der Waals surface area contributed by atoms with Crippen LogP contribution in [0, 0.1) is 32.1 Å². The molecule has 0 bridgehead atoms. The van der Waals surface area contributed by atoms with Gasteiger partial charge in [-0.1, -0.05) is 17.7 Å². The first-order valence-corrected chi connectivity index (χ1v) is 7.46. The van der Waals surface area contributed by atoms with Crippen molar-refractivity contribution in [3.05, 3.63) is 64.2 Å². The van der Waals surface area contributed by atoms with Crippen molar-refractivity contribution in [3.63, 3.8) is 0 Å². The molecule has 4 nitrogen and oxygen atoms in total. The van der Waals surface area contributed by atoms with Crippen LogP contribution in [-0.2, 0) is 11.3 Å². The normalized spacial score (nSPS) is 10.0. The van der Waals surface area contributed by atoms with Crippen molar-refractivity contribution < 1.29 is 9.53 Å². The molecule has 2 rings (SSSR count). The van der Waals surface area contributed by atoms with Crippen LogP contribution >= 0.6 is 0 Å². The van der Waals surface area contributed by atoms with Crippen LogP contribution in [0.5, 0.6) is 5.75 Å². The first kappa shape index (κ1) is 16.6. The Morgan fingerprint density at radius 3 is 2.30 bits per heavy atom. The van der Waals surface area contributed by atoms with E-state index in [4.69, 9.17) is 10.00 Å². The summed E-state index contributed by atoms with van der Waals surface area (Å²) in [6.45, 7) is 6.61. The number of amides is 1. The standard InChI is InChI=1S/C19H20N2O2/c1-13-8-14(2)18(15(3)9-13)11-21-19(22)12-23-17-6-4-16(10-20)5-7-17/h4-9H,11-12H2,1-3H3,(H,21,22). The van der Waals surface area contributed by atoms with Gasteiger partial charge in [-0.3, -0.25) is 4.79 Å². The van der Waals surface area contributed by atoms with Crippen LogP contribution in [-0.4, -0.2) is 12.5 Å². The van der Waals surface area contributed by atoms with Crippen molar-refractivity contribution >= 4 is 5.91 Å². The van der Waals surface area contributed by atoms with E-state index in [1.807, 2.05) is 6.07 Å². The summed E-state index contributed by atoms with van der Waals surface area (Å²) >= 11 is 0. The number of nitriles is 1. The maximum absolute atomic E-state index is 11.9. The second-order valence-corrected chi connectivity index (χ2v) is 5.58. The van der Waals surface area contributed by atoms with Gasteiger partial charge in [0.05, 0.1) is 11.6 Å². The SMILES string of the molecule is Cc1cc(C)c(CNC(=O)COc2ccc(C#N)cc2)c(C)c1. The molecule has 0 unspecified atom stereocenters. The van der Waals surface area contributed by atoms with Gasteiger partial charge in [-0.15, -0.1) is 0 Å². The molecule has 0 saturated carbocycles. The maximum atomic E-state index is 11.9. The van der Waals surface area contributed by atoms with Crippen molar-refractivity contribution in [3.8, 4) is 11.8 Å². The van der Waals surface area contributed by atoms with E-state index in [0.717, 1.165) is 5.56 Å². The predicted octanol–water partition coefficient (Wildman–Crippen LogP) is 3.18. The van der Waals surface area contributed by atoms with E-state index in [0.29, 0.717) is 17.9 Å². The van der Waals surface area contributed by atoms with Crippen LogP contribution in [0.25, 0.3) is 0 Å². The molecule has 0 radical (unpaired) electrons. The fraction of sp³-hybridized carbons (Fsp3) is 0.263. The van der Waals surface area contributed by atoms with Crippen LogP contribution in [0.1, 0.15) is 27.8 Å². The molecule has 0 saturated heterocycles. The van der Waals surface area contributed by atoms with E-state index in [9.17, 15) is 4.79 Å². The van der Waals surface area contributed by atoms with Crippen LogP contribution in [0.4, 0.5) is 0 Å². The third-order valence-electron chi connectivity index (χ3n) is 3.66. The lowest BCUT2D eigenvalue weighted by Gasteiger charge is -2.13. The number of aryl methyl sites for hydroxylation is 3. The molecule has 118 valence electrons. The Morgan fingerprint density at radius 2 is 1.74 bits per heavy atom. The molecule has 2 aromatic carbocycles. The summed E-state index contributed by atoms with van der Waals surface area (Å²) in [6.07, 6.45) is 0. The van der Waals surface area contributed by atoms with Gasteiger partial charge in [0.2, 0.25) is 0 Å². The minimum absolute atomic E-state index is 0.0458. The van der Waals surface area contributed by atoms with Gasteiger partial charge in [0, 0.05) is 6.54 Å². The van der Waals surface area contributed by atoms with Crippen molar-refractivity contribution in [2.75, 3.05) is 6.61 Å². The molecule has 4 heteroatoms. The number of rotatable bonds is 5. The smallest absolute Gasteiger partial charge is 0.258 e. The van der Waals surface area contributed by atoms with E-state index >= 15 is 0 Å². The number of benzene rings is 2. The van der Waals surface area contributed by atoms with E-state index in [2.05, 4.69) is 38.2 Å². The van der Waals surface area contributed by atoms with Gasteiger partial charge in [0.25, 0.3) is 5.91 Å². The largest absolute Gasteiger partial charge is 0.484 e. The average Bonchev–Trinajstić information content (AvgIpc) is 2.52. The highest BCUT2D eigenvalue weighted by molar-refractivity contribution is 5.77. The molecule has 0 aliphatic rings. The first-order valence-electron chi connectivity index (χ1n) is 7.46. The Hall–Kier alpha value is -2.80. The lowest BCUT2D eigenvalue weighted by molar-refractivity contribution is -0.123.